The van der Waals surface area contributed by atoms with Crippen LogP contribution in [-0.4, -0.2) is 16.1 Å². The Labute approximate surface area is 119 Å². The Bertz CT molecular complexity index is 730. The lowest BCUT2D eigenvalue weighted by molar-refractivity contribution is -0.385. The monoisotopic (exact) mass is 285 g/mol. The van der Waals surface area contributed by atoms with Gasteiger partial charge in [0.25, 0.3) is 11.6 Å². The zero-order valence-electron chi connectivity index (χ0n) is 11.1. The number of nitrogens with one attached hydrogen (secondary N) is 1. The molecule has 0 aliphatic heterocycles. The van der Waals surface area contributed by atoms with Gasteiger partial charge in [-0.15, -0.1) is 0 Å². The fraction of sp³-hybridized carbons (Fsp3) is 0.154. The van der Waals surface area contributed by atoms with Crippen molar-refractivity contribution in [1.82, 2.24) is 4.98 Å². The van der Waals surface area contributed by atoms with Gasteiger partial charge < -0.3 is 4.42 Å². The van der Waals surface area contributed by atoms with Gasteiger partial charge >= 0.3 is 0 Å². The minimum atomic E-state index is -0.494. The third-order valence-electron chi connectivity index (χ3n) is 2.58. The zero-order valence-corrected chi connectivity index (χ0v) is 11.1. The number of oxazole rings is 1. The summed E-state index contributed by atoms with van der Waals surface area (Å²) in [5.74, 6) is 0.527. The SMILES string of the molecule is CCc1nc(C#N)c(N/N=C/c2ccccc2[N+](=O)[O-])o1. The van der Waals surface area contributed by atoms with Crippen LogP contribution in [0.25, 0.3) is 0 Å². The summed E-state index contributed by atoms with van der Waals surface area (Å²) < 4.78 is 5.28. The largest absolute Gasteiger partial charge is 0.422 e. The van der Waals surface area contributed by atoms with Gasteiger partial charge in [0.15, 0.2) is 5.89 Å². The normalized spacial score (nSPS) is 10.5. The molecule has 2 rings (SSSR count). The second-order valence-corrected chi connectivity index (χ2v) is 3.94. The third-order valence-corrected chi connectivity index (χ3v) is 2.58. The predicted octanol–water partition coefficient (Wildman–Crippen LogP) is 2.46. The fourth-order valence-corrected chi connectivity index (χ4v) is 1.59. The van der Waals surface area contributed by atoms with Crippen molar-refractivity contribution in [3.05, 3.63) is 51.5 Å². The minimum absolute atomic E-state index is 0.0598. The number of para-hydroxylation sites is 1. The maximum Gasteiger partial charge on any atom is 0.278 e. The minimum Gasteiger partial charge on any atom is -0.422 e. The highest BCUT2D eigenvalue weighted by Crippen LogP contribution is 2.18. The van der Waals surface area contributed by atoms with Gasteiger partial charge in [0.05, 0.1) is 16.7 Å². The number of nitrogens with zero attached hydrogens (tertiary/aromatic N) is 4. The molecule has 0 aliphatic carbocycles. The number of nitriles is 1. The number of hydrogen-bond acceptors (Lipinski definition) is 7. The summed E-state index contributed by atoms with van der Waals surface area (Å²) >= 11 is 0. The number of rotatable bonds is 5. The molecule has 1 aromatic carbocycles. The van der Waals surface area contributed by atoms with Crippen LogP contribution in [0.5, 0.6) is 0 Å². The van der Waals surface area contributed by atoms with Crippen LogP contribution in [0.4, 0.5) is 11.6 Å². The molecule has 0 aliphatic rings. The van der Waals surface area contributed by atoms with E-state index in [1.165, 1.54) is 12.3 Å². The molecule has 1 aromatic heterocycles. The van der Waals surface area contributed by atoms with Crippen molar-refractivity contribution < 1.29 is 9.34 Å². The number of benzene rings is 1. The van der Waals surface area contributed by atoms with E-state index < -0.39 is 4.92 Å². The van der Waals surface area contributed by atoms with Crippen molar-refractivity contribution in [2.45, 2.75) is 13.3 Å². The quantitative estimate of drug-likeness (QED) is 0.512. The first-order chi connectivity index (χ1) is 10.2. The molecule has 0 unspecified atom stereocenters. The lowest BCUT2D eigenvalue weighted by Gasteiger charge is -1.97. The average Bonchev–Trinajstić information content (AvgIpc) is 2.90. The van der Waals surface area contributed by atoms with E-state index in [0.717, 1.165) is 0 Å². The summed E-state index contributed by atoms with van der Waals surface area (Å²) in [5.41, 5.74) is 2.90. The highest BCUT2D eigenvalue weighted by molar-refractivity contribution is 5.85. The highest BCUT2D eigenvalue weighted by atomic mass is 16.6. The van der Waals surface area contributed by atoms with E-state index >= 15 is 0 Å². The van der Waals surface area contributed by atoms with Gasteiger partial charge in [0.2, 0.25) is 5.69 Å². The molecule has 106 valence electrons. The number of hydrogen-bond donors (Lipinski definition) is 1. The van der Waals surface area contributed by atoms with Crippen LogP contribution in [0, 0.1) is 21.4 Å². The summed E-state index contributed by atoms with van der Waals surface area (Å²) in [7, 11) is 0. The van der Waals surface area contributed by atoms with Gasteiger partial charge in [0, 0.05) is 12.5 Å². The van der Waals surface area contributed by atoms with Gasteiger partial charge in [-0.1, -0.05) is 19.1 Å². The Kier molecular flexibility index (Phi) is 4.26. The van der Waals surface area contributed by atoms with Crippen LogP contribution in [0.3, 0.4) is 0 Å². The van der Waals surface area contributed by atoms with Crippen LogP contribution in [0.15, 0.2) is 33.8 Å². The molecule has 0 spiro atoms. The number of nitro groups is 1. The van der Waals surface area contributed by atoms with Crippen molar-refractivity contribution in [3.63, 3.8) is 0 Å². The molecule has 0 atom stereocenters. The molecule has 2 aromatic rings. The number of aryl methyl sites for hydroxylation is 1. The topological polar surface area (TPSA) is 117 Å². The Morgan fingerprint density at radius 2 is 2.33 bits per heavy atom. The van der Waals surface area contributed by atoms with Gasteiger partial charge in [0.1, 0.15) is 6.07 Å². The maximum atomic E-state index is 10.8. The first-order valence-corrected chi connectivity index (χ1v) is 6.08. The second-order valence-electron chi connectivity index (χ2n) is 3.94. The highest BCUT2D eigenvalue weighted by Gasteiger charge is 2.12. The fourth-order valence-electron chi connectivity index (χ4n) is 1.59. The van der Waals surface area contributed by atoms with Crippen LogP contribution >= 0.6 is 0 Å². The lowest BCUT2D eigenvalue weighted by Crippen LogP contribution is -1.96. The van der Waals surface area contributed by atoms with E-state index in [-0.39, 0.29) is 17.3 Å². The Morgan fingerprint density at radius 3 is 3.00 bits per heavy atom. The number of anilines is 1. The predicted molar refractivity (Wildman–Crippen MR) is 74.9 cm³/mol. The van der Waals surface area contributed by atoms with Crippen molar-refractivity contribution in [2.24, 2.45) is 5.10 Å². The van der Waals surface area contributed by atoms with Crippen molar-refractivity contribution in [2.75, 3.05) is 5.43 Å². The van der Waals surface area contributed by atoms with Crippen LogP contribution in [0.2, 0.25) is 0 Å². The van der Waals surface area contributed by atoms with Crippen molar-refractivity contribution in [1.29, 1.82) is 5.26 Å². The van der Waals surface area contributed by atoms with Crippen LogP contribution < -0.4 is 5.43 Å². The molecule has 0 saturated heterocycles. The van der Waals surface area contributed by atoms with E-state index in [0.29, 0.717) is 17.9 Å². The average molecular weight is 285 g/mol. The molecule has 8 nitrogen and oxygen atoms in total. The molecule has 1 N–H and O–H groups in total. The molecule has 8 heteroatoms. The molecule has 0 radical (unpaired) electrons. The molecule has 0 fully saturated rings. The molecule has 21 heavy (non-hydrogen) atoms. The Hall–Kier alpha value is -3.21. The lowest BCUT2D eigenvalue weighted by atomic mass is 10.2. The van der Waals surface area contributed by atoms with Crippen molar-refractivity contribution in [3.8, 4) is 6.07 Å². The number of hydrazone groups is 1. The van der Waals surface area contributed by atoms with Crippen LogP contribution in [0.1, 0.15) is 24.1 Å². The van der Waals surface area contributed by atoms with E-state index in [1.807, 2.05) is 13.0 Å². The molecular formula is C13H11N5O3. The molecular weight excluding hydrogens is 274 g/mol. The molecule has 1 heterocycles. The summed E-state index contributed by atoms with van der Waals surface area (Å²) in [4.78, 5) is 14.3. The molecule has 0 saturated carbocycles. The van der Waals surface area contributed by atoms with E-state index in [1.54, 1.807) is 18.2 Å². The van der Waals surface area contributed by atoms with E-state index in [9.17, 15) is 10.1 Å². The van der Waals surface area contributed by atoms with E-state index in [4.69, 9.17) is 9.68 Å². The third kappa shape index (κ3) is 3.22. The summed E-state index contributed by atoms with van der Waals surface area (Å²) in [6, 6.07) is 8.06. The number of aromatic nitrogens is 1. The summed E-state index contributed by atoms with van der Waals surface area (Å²) in [6.45, 7) is 1.84. The molecule has 0 amide bonds. The number of nitro benzene ring substituents is 1. The van der Waals surface area contributed by atoms with Gasteiger partial charge in [-0.25, -0.2) is 10.4 Å². The van der Waals surface area contributed by atoms with Crippen molar-refractivity contribution >= 4 is 17.8 Å². The first kappa shape index (κ1) is 14.2. The maximum absolute atomic E-state index is 10.8. The Morgan fingerprint density at radius 1 is 1.57 bits per heavy atom. The smallest absolute Gasteiger partial charge is 0.278 e. The summed E-state index contributed by atoms with van der Waals surface area (Å²) in [6.07, 6.45) is 1.83. The molecule has 0 bridgehead atoms. The van der Waals surface area contributed by atoms with Gasteiger partial charge in [-0.3, -0.25) is 10.1 Å². The van der Waals surface area contributed by atoms with Gasteiger partial charge in [-0.2, -0.15) is 10.4 Å². The van der Waals surface area contributed by atoms with Gasteiger partial charge in [-0.05, 0) is 6.07 Å². The Balaban J connectivity index is 2.19. The summed E-state index contributed by atoms with van der Waals surface area (Å²) in [5, 5.41) is 23.6. The first-order valence-electron chi connectivity index (χ1n) is 6.08. The van der Waals surface area contributed by atoms with E-state index in [2.05, 4.69) is 15.5 Å². The zero-order chi connectivity index (χ0) is 15.2. The van der Waals surface area contributed by atoms with Crippen LogP contribution in [-0.2, 0) is 6.42 Å². The standard InChI is InChI=1S/C13H11N5O3/c1-2-12-16-10(7-14)13(21-12)17-15-8-9-5-3-4-6-11(9)18(19)20/h3-6,8,17H,2H2,1H3/b15-8+. The second kappa shape index (κ2) is 6.29.